The number of halogens is 5. The van der Waals surface area contributed by atoms with Crippen LogP contribution in [0.5, 0.6) is 5.75 Å². The lowest BCUT2D eigenvalue weighted by atomic mass is 10.0. The summed E-state index contributed by atoms with van der Waals surface area (Å²) >= 11 is 5.79. The summed E-state index contributed by atoms with van der Waals surface area (Å²) in [6.45, 7) is 2.49. The molecule has 2 saturated heterocycles. The lowest BCUT2D eigenvalue weighted by Gasteiger charge is -2.49. The minimum Gasteiger partial charge on any atom is -0.404 e. The fraction of sp³-hybridized carbons (Fsp3) is 0.348. The van der Waals surface area contributed by atoms with Crippen molar-refractivity contribution >= 4 is 29.3 Å². The van der Waals surface area contributed by atoms with E-state index >= 15 is 0 Å². The highest BCUT2D eigenvalue weighted by molar-refractivity contribution is 6.32. The van der Waals surface area contributed by atoms with Gasteiger partial charge in [-0.3, -0.25) is 9.69 Å². The molecule has 2 unspecified atom stereocenters. The van der Waals surface area contributed by atoms with Gasteiger partial charge in [0.25, 0.3) is 0 Å². The zero-order chi connectivity index (χ0) is 24.5. The van der Waals surface area contributed by atoms with Crippen molar-refractivity contribution in [3.05, 3.63) is 64.4 Å². The van der Waals surface area contributed by atoms with Crippen LogP contribution in [-0.4, -0.2) is 60.5 Å². The first kappa shape index (κ1) is 24.3. The summed E-state index contributed by atoms with van der Waals surface area (Å²) in [6.07, 6.45) is -2.29. The molecule has 2 fully saturated rings. The SMILES string of the molecule is Nc1cc(Cl)c(OC(F)(F)F)cc1C=CC(=O)N1C2COCC1CN(Cc1ccc(F)cc1)C2. The zero-order valence-electron chi connectivity index (χ0n) is 17.9. The van der Waals surface area contributed by atoms with Crippen LogP contribution in [-0.2, 0) is 16.1 Å². The van der Waals surface area contributed by atoms with Crippen LogP contribution in [0.2, 0.25) is 5.02 Å². The molecule has 0 aromatic heterocycles. The Bertz CT molecular complexity index is 1060. The smallest absolute Gasteiger partial charge is 0.404 e. The molecule has 0 spiro atoms. The van der Waals surface area contributed by atoms with Crippen molar-refractivity contribution in [2.45, 2.75) is 25.0 Å². The van der Waals surface area contributed by atoms with Crippen LogP contribution in [0, 0.1) is 5.82 Å². The Kier molecular flexibility index (Phi) is 7.01. The topological polar surface area (TPSA) is 68.0 Å². The number of hydrogen-bond donors (Lipinski definition) is 1. The van der Waals surface area contributed by atoms with E-state index in [2.05, 4.69) is 9.64 Å². The van der Waals surface area contributed by atoms with Crippen molar-refractivity contribution in [2.24, 2.45) is 0 Å². The highest BCUT2D eigenvalue weighted by Gasteiger charge is 2.40. The fourth-order valence-electron chi connectivity index (χ4n) is 4.27. The predicted molar refractivity (Wildman–Crippen MR) is 118 cm³/mol. The molecule has 2 aromatic carbocycles. The summed E-state index contributed by atoms with van der Waals surface area (Å²) < 4.78 is 60.5. The number of piperazine rings is 1. The number of amides is 1. The van der Waals surface area contributed by atoms with Crippen molar-refractivity contribution < 1.29 is 31.8 Å². The molecule has 34 heavy (non-hydrogen) atoms. The number of nitrogens with zero attached hydrogens (tertiary/aromatic N) is 2. The predicted octanol–water partition coefficient (Wildman–Crippen LogP) is 4.08. The summed E-state index contributed by atoms with van der Waals surface area (Å²) in [5.41, 5.74) is 7.11. The van der Waals surface area contributed by atoms with Crippen molar-refractivity contribution in [2.75, 3.05) is 32.0 Å². The van der Waals surface area contributed by atoms with Gasteiger partial charge in [0.2, 0.25) is 5.91 Å². The van der Waals surface area contributed by atoms with Crippen LogP contribution in [0.3, 0.4) is 0 Å². The van der Waals surface area contributed by atoms with Crippen LogP contribution in [0.25, 0.3) is 6.08 Å². The average Bonchev–Trinajstić information content (AvgIpc) is 2.75. The van der Waals surface area contributed by atoms with Crippen molar-refractivity contribution in [1.29, 1.82) is 0 Å². The Balaban J connectivity index is 1.46. The number of benzene rings is 2. The van der Waals surface area contributed by atoms with Gasteiger partial charge in [0, 0.05) is 37.0 Å². The van der Waals surface area contributed by atoms with Crippen LogP contribution in [0.1, 0.15) is 11.1 Å². The summed E-state index contributed by atoms with van der Waals surface area (Å²) in [7, 11) is 0. The Morgan fingerprint density at radius 1 is 1.18 bits per heavy atom. The second-order valence-corrected chi connectivity index (χ2v) is 8.61. The second kappa shape index (κ2) is 9.81. The van der Waals surface area contributed by atoms with Gasteiger partial charge in [-0.25, -0.2) is 4.39 Å². The lowest BCUT2D eigenvalue weighted by Crippen LogP contribution is -2.65. The highest BCUT2D eigenvalue weighted by Crippen LogP contribution is 2.34. The molecule has 4 rings (SSSR count). The van der Waals surface area contributed by atoms with Gasteiger partial charge in [0.15, 0.2) is 0 Å². The summed E-state index contributed by atoms with van der Waals surface area (Å²) in [4.78, 5) is 17.0. The molecule has 0 saturated carbocycles. The highest BCUT2D eigenvalue weighted by atomic mass is 35.5. The number of nitrogen functional groups attached to an aromatic ring is 1. The van der Waals surface area contributed by atoms with Crippen molar-refractivity contribution in [1.82, 2.24) is 9.80 Å². The van der Waals surface area contributed by atoms with Crippen molar-refractivity contribution in [3.8, 4) is 5.75 Å². The Morgan fingerprint density at radius 3 is 2.44 bits per heavy atom. The standard InChI is InChI=1S/C23H22ClF4N3O3/c24-19-8-20(29)15(7-21(19)34-23(26,27)28)3-6-22(32)31-17-10-30(11-18(31)13-33-12-17)9-14-1-4-16(25)5-2-14/h1-8,17-18H,9-13,29H2. The molecule has 2 aliphatic heterocycles. The summed E-state index contributed by atoms with van der Waals surface area (Å²) in [6, 6.07) is 8.08. The van der Waals surface area contributed by atoms with Gasteiger partial charge >= 0.3 is 6.36 Å². The van der Waals surface area contributed by atoms with Crippen molar-refractivity contribution in [3.63, 3.8) is 0 Å². The molecule has 2 heterocycles. The van der Waals surface area contributed by atoms with E-state index in [9.17, 15) is 22.4 Å². The van der Waals surface area contributed by atoms with Crippen LogP contribution < -0.4 is 10.5 Å². The average molecular weight is 500 g/mol. The van der Waals surface area contributed by atoms with E-state index in [1.807, 2.05) is 0 Å². The number of carbonyl (C=O) groups excluding carboxylic acids is 1. The molecule has 6 nitrogen and oxygen atoms in total. The van der Waals surface area contributed by atoms with E-state index in [4.69, 9.17) is 22.1 Å². The minimum atomic E-state index is -4.92. The normalized spacial score (nSPS) is 21.1. The summed E-state index contributed by atoms with van der Waals surface area (Å²) in [5.74, 6) is -1.20. The van der Waals surface area contributed by atoms with E-state index in [0.29, 0.717) is 32.8 Å². The van der Waals surface area contributed by atoms with E-state index < -0.39 is 12.1 Å². The molecule has 2 atom stereocenters. The molecule has 11 heteroatoms. The van der Waals surface area contributed by atoms with Gasteiger partial charge < -0.3 is 20.1 Å². The molecule has 0 aliphatic carbocycles. The molecular formula is C23H22ClF4N3O3. The molecular weight excluding hydrogens is 478 g/mol. The van der Waals surface area contributed by atoms with Gasteiger partial charge in [0.05, 0.1) is 30.3 Å². The molecule has 2 aliphatic rings. The van der Waals surface area contributed by atoms with Gasteiger partial charge in [-0.15, -0.1) is 13.2 Å². The first-order chi connectivity index (χ1) is 16.1. The number of carbonyl (C=O) groups is 1. The Labute approximate surface area is 198 Å². The third-order valence-corrected chi connectivity index (χ3v) is 5.98. The summed E-state index contributed by atoms with van der Waals surface area (Å²) in [5, 5.41) is -0.290. The molecule has 182 valence electrons. The molecule has 2 aromatic rings. The number of fused-ring (bicyclic) bond motifs is 2. The Morgan fingerprint density at radius 2 is 1.82 bits per heavy atom. The first-order valence-electron chi connectivity index (χ1n) is 10.5. The molecule has 2 bridgehead atoms. The van der Waals surface area contributed by atoms with Crippen LogP contribution in [0.4, 0.5) is 23.2 Å². The number of hydrogen-bond acceptors (Lipinski definition) is 5. The first-order valence-corrected chi connectivity index (χ1v) is 10.9. The maximum Gasteiger partial charge on any atom is 0.573 e. The molecule has 0 radical (unpaired) electrons. The van der Waals surface area contributed by atoms with Gasteiger partial charge in [-0.2, -0.15) is 0 Å². The zero-order valence-corrected chi connectivity index (χ0v) is 18.7. The van der Waals surface area contributed by atoms with E-state index in [1.54, 1.807) is 17.0 Å². The van der Waals surface area contributed by atoms with Gasteiger partial charge in [-0.05, 0) is 35.9 Å². The molecule has 2 N–H and O–H groups in total. The number of nitrogens with two attached hydrogens (primary N) is 1. The van der Waals surface area contributed by atoms with Gasteiger partial charge in [0.1, 0.15) is 11.6 Å². The van der Waals surface area contributed by atoms with Gasteiger partial charge in [-0.1, -0.05) is 23.7 Å². The van der Waals surface area contributed by atoms with E-state index in [0.717, 1.165) is 17.7 Å². The maximum atomic E-state index is 13.2. The second-order valence-electron chi connectivity index (χ2n) is 8.20. The third-order valence-electron chi connectivity index (χ3n) is 5.69. The number of alkyl halides is 3. The number of rotatable bonds is 5. The third kappa shape index (κ3) is 5.81. The lowest BCUT2D eigenvalue weighted by molar-refractivity contribution is -0.274. The Hall–Kier alpha value is -2.82. The van der Waals surface area contributed by atoms with Crippen LogP contribution >= 0.6 is 11.6 Å². The monoisotopic (exact) mass is 499 g/mol. The largest absolute Gasteiger partial charge is 0.573 e. The maximum absolute atomic E-state index is 13.2. The number of morpholine rings is 1. The minimum absolute atomic E-state index is 0.108. The van der Waals surface area contributed by atoms with Crippen LogP contribution in [0.15, 0.2) is 42.5 Å². The van der Waals surface area contributed by atoms with E-state index in [-0.39, 0.29) is 40.1 Å². The quantitative estimate of drug-likeness (QED) is 0.381. The van der Waals surface area contributed by atoms with E-state index in [1.165, 1.54) is 24.3 Å². The molecule has 1 amide bonds. The number of ether oxygens (including phenoxy) is 2. The number of anilines is 1. The fourth-order valence-corrected chi connectivity index (χ4v) is 4.48.